The number of ether oxygens (including phenoxy) is 3. The van der Waals surface area contributed by atoms with Crippen LogP contribution < -0.4 is 14.4 Å². The topological polar surface area (TPSA) is 102 Å². The van der Waals surface area contributed by atoms with Crippen LogP contribution in [0.25, 0.3) is 6.08 Å². The summed E-state index contributed by atoms with van der Waals surface area (Å²) >= 11 is 0. The van der Waals surface area contributed by atoms with E-state index >= 15 is 0 Å². The fraction of sp³-hybridized carbons (Fsp3) is 0.261. The fourth-order valence-corrected chi connectivity index (χ4v) is 3.69. The number of carbonyl (C=O) groups is 3. The van der Waals surface area contributed by atoms with Crippen molar-refractivity contribution in [2.75, 3.05) is 24.8 Å². The van der Waals surface area contributed by atoms with E-state index in [0.717, 1.165) is 4.90 Å². The minimum Gasteiger partial charge on any atom is -0.465 e. The monoisotopic (exact) mass is 423 g/mol. The lowest BCUT2D eigenvalue weighted by atomic mass is 9.89. The Kier molecular flexibility index (Phi) is 5.48. The van der Waals surface area contributed by atoms with Crippen LogP contribution in [0.1, 0.15) is 24.5 Å². The van der Waals surface area contributed by atoms with Crippen LogP contribution in [-0.4, -0.2) is 42.7 Å². The Morgan fingerprint density at radius 1 is 1.19 bits per heavy atom. The number of rotatable bonds is 7. The van der Waals surface area contributed by atoms with Crippen molar-refractivity contribution in [3.05, 3.63) is 59.7 Å². The first-order valence-electron chi connectivity index (χ1n) is 9.82. The van der Waals surface area contributed by atoms with Gasteiger partial charge in [0.2, 0.25) is 6.79 Å². The van der Waals surface area contributed by atoms with Gasteiger partial charge in [-0.05, 0) is 36.8 Å². The predicted octanol–water partition coefficient (Wildman–Crippen LogP) is 2.19. The maximum Gasteiger partial charge on any atom is 0.326 e. The van der Waals surface area contributed by atoms with Crippen LogP contribution in [0.4, 0.5) is 5.69 Å². The summed E-state index contributed by atoms with van der Waals surface area (Å²) in [5.74, 6) is -0.549. The van der Waals surface area contributed by atoms with Gasteiger partial charge in [-0.3, -0.25) is 19.3 Å². The van der Waals surface area contributed by atoms with Crippen LogP contribution in [-0.2, 0) is 24.7 Å². The number of amides is 1. The maximum atomic E-state index is 13.0. The third-order valence-electron chi connectivity index (χ3n) is 5.12. The van der Waals surface area contributed by atoms with Crippen LogP contribution >= 0.6 is 0 Å². The molecule has 31 heavy (non-hydrogen) atoms. The lowest BCUT2D eigenvalue weighted by molar-refractivity contribution is -0.145. The largest absolute Gasteiger partial charge is 0.465 e. The second kappa shape index (κ2) is 8.23. The van der Waals surface area contributed by atoms with E-state index in [4.69, 9.17) is 14.2 Å². The first-order chi connectivity index (χ1) is 14.9. The van der Waals surface area contributed by atoms with Crippen LogP contribution in [0.3, 0.4) is 0 Å². The van der Waals surface area contributed by atoms with Gasteiger partial charge in [0.1, 0.15) is 6.54 Å². The van der Waals surface area contributed by atoms with E-state index in [9.17, 15) is 19.5 Å². The molecule has 8 heteroatoms. The Morgan fingerprint density at radius 2 is 1.97 bits per heavy atom. The summed E-state index contributed by atoms with van der Waals surface area (Å²) in [5.41, 5.74) is -0.671. The number of esters is 1. The zero-order valence-corrected chi connectivity index (χ0v) is 16.9. The van der Waals surface area contributed by atoms with Crippen LogP contribution in [0.15, 0.2) is 48.5 Å². The Labute approximate surface area is 178 Å². The summed E-state index contributed by atoms with van der Waals surface area (Å²) < 4.78 is 15.5. The standard InChI is InChI=1S/C23H21NO7/c1-2-29-21(26)13-24-18-6-4-3-5-17(18)23(28,22(24)27)12-16(25)9-7-15-8-10-19-20(11-15)31-14-30-19/h3-11,28H,2,12-14H2,1H3/b9-7+. The third-order valence-corrected chi connectivity index (χ3v) is 5.12. The molecular weight excluding hydrogens is 402 g/mol. The number of para-hydroxylation sites is 1. The quantitative estimate of drug-likeness (QED) is 0.538. The number of fused-ring (bicyclic) bond motifs is 2. The number of allylic oxidation sites excluding steroid dienone is 1. The normalized spacial score (nSPS) is 19.0. The number of hydrogen-bond donors (Lipinski definition) is 1. The van der Waals surface area contributed by atoms with Crippen molar-refractivity contribution in [1.29, 1.82) is 0 Å². The highest BCUT2D eigenvalue weighted by atomic mass is 16.7. The summed E-state index contributed by atoms with van der Waals surface area (Å²) in [6, 6.07) is 11.8. The second-order valence-corrected chi connectivity index (χ2v) is 7.16. The average molecular weight is 423 g/mol. The molecule has 4 rings (SSSR count). The van der Waals surface area contributed by atoms with Gasteiger partial charge in [0.15, 0.2) is 22.9 Å². The average Bonchev–Trinajstić information content (AvgIpc) is 3.30. The molecule has 1 amide bonds. The molecule has 1 unspecified atom stereocenters. The van der Waals surface area contributed by atoms with E-state index in [1.165, 1.54) is 6.08 Å². The summed E-state index contributed by atoms with van der Waals surface area (Å²) in [7, 11) is 0. The van der Waals surface area contributed by atoms with Crippen molar-refractivity contribution in [3.63, 3.8) is 0 Å². The zero-order chi connectivity index (χ0) is 22.0. The van der Waals surface area contributed by atoms with Crippen molar-refractivity contribution >= 4 is 29.4 Å². The van der Waals surface area contributed by atoms with E-state index in [2.05, 4.69) is 0 Å². The second-order valence-electron chi connectivity index (χ2n) is 7.16. The van der Waals surface area contributed by atoms with Gasteiger partial charge >= 0.3 is 5.97 Å². The molecule has 1 atom stereocenters. The van der Waals surface area contributed by atoms with E-state index < -0.39 is 29.7 Å². The van der Waals surface area contributed by atoms with Crippen LogP contribution in [0.2, 0.25) is 0 Å². The highest BCUT2D eigenvalue weighted by Gasteiger charge is 2.51. The summed E-state index contributed by atoms with van der Waals surface area (Å²) in [6.07, 6.45) is 2.43. The predicted molar refractivity (Wildman–Crippen MR) is 111 cm³/mol. The molecule has 2 aromatic rings. The van der Waals surface area contributed by atoms with Crippen molar-refractivity contribution in [2.24, 2.45) is 0 Å². The summed E-state index contributed by atoms with van der Waals surface area (Å²) in [4.78, 5) is 38.7. The summed E-state index contributed by atoms with van der Waals surface area (Å²) in [5, 5.41) is 11.2. The molecule has 1 N–H and O–H groups in total. The van der Waals surface area contributed by atoms with Gasteiger partial charge in [-0.25, -0.2) is 0 Å². The molecule has 0 saturated carbocycles. The zero-order valence-electron chi connectivity index (χ0n) is 16.9. The first-order valence-corrected chi connectivity index (χ1v) is 9.82. The number of ketones is 1. The van der Waals surface area contributed by atoms with Gasteiger partial charge in [-0.15, -0.1) is 0 Å². The molecule has 2 aliphatic rings. The van der Waals surface area contributed by atoms with Gasteiger partial charge in [-0.1, -0.05) is 30.3 Å². The van der Waals surface area contributed by atoms with E-state index in [-0.39, 0.29) is 25.5 Å². The molecule has 0 fully saturated rings. The number of hydrogen-bond acceptors (Lipinski definition) is 7. The Bertz CT molecular complexity index is 1080. The van der Waals surface area contributed by atoms with Crippen molar-refractivity contribution in [2.45, 2.75) is 18.9 Å². The lowest BCUT2D eigenvalue weighted by Gasteiger charge is -2.21. The van der Waals surface area contributed by atoms with E-state index in [1.54, 1.807) is 55.5 Å². The number of benzene rings is 2. The molecule has 8 nitrogen and oxygen atoms in total. The van der Waals surface area contributed by atoms with Crippen molar-refractivity contribution < 1.29 is 33.7 Å². The first kappa shape index (κ1) is 20.6. The SMILES string of the molecule is CCOC(=O)CN1C(=O)C(O)(CC(=O)/C=C/c2ccc3c(c2)OCO3)c2ccccc21. The van der Waals surface area contributed by atoms with Crippen molar-refractivity contribution in [1.82, 2.24) is 0 Å². The number of anilines is 1. The lowest BCUT2D eigenvalue weighted by Crippen LogP contribution is -2.43. The molecular formula is C23H21NO7. The smallest absolute Gasteiger partial charge is 0.326 e. The molecule has 2 aliphatic heterocycles. The van der Waals surface area contributed by atoms with E-state index in [1.807, 2.05) is 0 Å². The third kappa shape index (κ3) is 3.89. The van der Waals surface area contributed by atoms with E-state index in [0.29, 0.717) is 22.7 Å². The minimum absolute atomic E-state index is 0.151. The number of aliphatic hydroxyl groups is 1. The van der Waals surface area contributed by atoms with Crippen molar-refractivity contribution in [3.8, 4) is 11.5 Å². The van der Waals surface area contributed by atoms with Gasteiger partial charge in [0.05, 0.1) is 18.7 Å². The molecule has 0 aliphatic carbocycles. The molecule has 0 radical (unpaired) electrons. The van der Waals surface area contributed by atoms with Crippen LogP contribution in [0, 0.1) is 0 Å². The number of nitrogens with zero attached hydrogens (tertiary/aromatic N) is 1. The molecule has 0 bridgehead atoms. The Hall–Kier alpha value is -3.65. The van der Waals surface area contributed by atoms with Gasteiger partial charge in [0.25, 0.3) is 5.91 Å². The molecule has 0 spiro atoms. The Morgan fingerprint density at radius 3 is 2.77 bits per heavy atom. The minimum atomic E-state index is -2.06. The molecule has 2 heterocycles. The van der Waals surface area contributed by atoms with Gasteiger partial charge in [0, 0.05) is 5.56 Å². The molecule has 160 valence electrons. The highest BCUT2D eigenvalue weighted by Crippen LogP contribution is 2.42. The number of carbonyl (C=O) groups excluding carboxylic acids is 3. The summed E-state index contributed by atoms with van der Waals surface area (Å²) in [6.45, 7) is 1.65. The van der Waals surface area contributed by atoms with Crippen LogP contribution in [0.5, 0.6) is 11.5 Å². The van der Waals surface area contributed by atoms with Gasteiger partial charge < -0.3 is 19.3 Å². The molecule has 0 aromatic heterocycles. The maximum absolute atomic E-state index is 13.0. The fourth-order valence-electron chi connectivity index (χ4n) is 3.69. The molecule has 2 aromatic carbocycles. The molecule has 0 saturated heterocycles. The highest BCUT2D eigenvalue weighted by molar-refractivity contribution is 6.11. The van der Waals surface area contributed by atoms with Gasteiger partial charge in [-0.2, -0.15) is 0 Å². The Balaban J connectivity index is 1.53.